The number of β-amino-alcohol motifs (C(OH)–C–C–N with tert-alkyl or cyclic N) is 1. The minimum Gasteiger partial charge on any atom is -0.391 e. The van der Waals surface area contributed by atoms with Crippen molar-refractivity contribution >= 4 is 68.5 Å². The van der Waals surface area contributed by atoms with Gasteiger partial charge in [0.25, 0.3) is 5.91 Å². The molecule has 0 spiro atoms. The second-order valence-electron chi connectivity index (χ2n) is 20.0. The number of nitrogens with one attached hydrogen (secondary N) is 5. The summed E-state index contributed by atoms with van der Waals surface area (Å²) in [6, 6.07) is 17.3. The lowest BCUT2D eigenvalue weighted by molar-refractivity contribution is -0.144. The van der Waals surface area contributed by atoms with Gasteiger partial charge in [0.05, 0.1) is 51.5 Å². The molecule has 18 heteroatoms. The zero-order valence-electron chi connectivity index (χ0n) is 40.7. The minimum atomic E-state index is -0.882. The van der Waals surface area contributed by atoms with E-state index in [0.29, 0.717) is 37.2 Å². The lowest BCUT2D eigenvalue weighted by Gasteiger charge is -2.35. The largest absolute Gasteiger partial charge is 0.391 e. The highest BCUT2D eigenvalue weighted by Crippen LogP contribution is 2.29. The Balaban J connectivity index is 0.705. The number of likely N-dealkylation sites (tertiary alicyclic amines) is 2. The van der Waals surface area contributed by atoms with Gasteiger partial charge in [-0.1, -0.05) is 57.9 Å². The fourth-order valence-electron chi connectivity index (χ4n) is 9.50. The van der Waals surface area contributed by atoms with E-state index in [9.17, 15) is 29.1 Å². The molecule has 370 valence electrons. The van der Waals surface area contributed by atoms with Crippen LogP contribution in [0.15, 0.2) is 72.4 Å². The monoisotopic (exact) mass is 971 g/mol. The number of hydrogen-bond donors (Lipinski definition) is 6. The molecule has 0 radical (unpaired) electrons. The first kappa shape index (κ1) is 49.9. The topological polar surface area (TPSA) is 220 Å². The minimum absolute atomic E-state index is 0.0148. The van der Waals surface area contributed by atoms with Crippen LogP contribution >= 0.6 is 11.3 Å². The van der Waals surface area contributed by atoms with Gasteiger partial charge < -0.3 is 36.3 Å². The number of imidazole rings is 1. The Hall–Kier alpha value is -6.50. The predicted molar refractivity (Wildman–Crippen MR) is 271 cm³/mol. The van der Waals surface area contributed by atoms with Gasteiger partial charge in [0.15, 0.2) is 0 Å². The van der Waals surface area contributed by atoms with E-state index in [4.69, 9.17) is 4.98 Å². The number of thiazole rings is 1. The molecule has 3 aromatic heterocycles. The summed E-state index contributed by atoms with van der Waals surface area (Å²) in [5.74, 6) is -0.0379. The smallest absolute Gasteiger partial charge is 0.255 e. The van der Waals surface area contributed by atoms with Gasteiger partial charge in [-0.3, -0.25) is 33.6 Å². The first-order valence-electron chi connectivity index (χ1n) is 24.3. The summed E-state index contributed by atoms with van der Waals surface area (Å²) in [5.41, 5.74) is 7.95. The molecule has 3 aromatic carbocycles. The average molecular weight is 972 g/mol. The van der Waals surface area contributed by atoms with Gasteiger partial charge in [0.1, 0.15) is 17.9 Å². The van der Waals surface area contributed by atoms with Crippen LogP contribution in [-0.4, -0.2) is 114 Å². The Kier molecular flexibility index (Phi) is 15.7. The van der Waals surface area contributed by atoms with Crippen LogP contribution in [0.3, 0.4) is 0 Å². The molecule has 70 heavy (non-hydrogen) atoms. The van der Waals surface area contributed by atoms with Crippen LogP contribution < -0.4 is 21.3 Å². The molecule has 17 nitrogen and oxygen atoms in total. The molecule has 8 rings (SSSR count). The Morgan fingerprint density at radius 3 is 2.51 bits per heavy atom. The maximum absolute atomic E-state index is 14.0. The van der Waals surface area contributed by atoms with E-state index in [0.717, 1.165) is 88.2 Å². The molecule has 5 amide bonds. The number of rotatable bonds is 19. The first-order chi connectivity index (χ1) is 33.6. The molecule has 2 aliphatic heterocycles. The van der Waals surface area contributed by atoms with Gasteiger partial charge in [0, 0.05) is 69.1 Å². The lowest BCUT2D eigenvalue weighted by Crippen LogP contribution is -2.57. The summed E-state index contributed by atoms with van der Waals surface area (Å²) in [6.45, 7) is 10.8. The van der Waals surface area contributed by atoms with Crippen molar-refractivity contribution in [3.63, 3.8) is 0 Å². The number of aryl methyl sites for hydroxylation is 2. The molecule has 0 aliphatic carbocycles. The van der Waals surface area contributed by atoms with Gasteiger partial charge in [-0.15, -0.1) is 11.3 Å². The SMILES string of the molecule is Cc1ncsc1-c1ccc(CNC(=O)[C@@H]2C[C@@H](O)CN2C(=O)[C@@H](NC(=O)CCCCCCNC(=O)CC2CCN(Cc3nc4ccc(NC(=O)c5ccc6c(cnn6C)c5)cc4[nH]3)C2)C(C)(C)C)cc1. The number of fused-ring (bicyclic) bond motifs is 2. The van der Waals surface area contributed by atoms with E-state index >= 15 is 0 Å². The number of anilines is 1. The molecule has 0 bridgehead atoms. The van der Waals surface area contributed by atoms with Gasteiger partial charge >= 0.3 is 0 Å². The number of aromatic amines is 1. The van der Waals surface area contributed by atoms with Crippen LogP contribution in [0.2, 0.25) is 0 Å². The molecule has 0 saturated carbocycles. The van der Waals surface area contributed by atoms with Crippen molar-refractivity contribution in [3.05, 3.63) is 95.0 Å². The van der Waals surface area contributed by atoms with Crippen LogP contribution in [0.1, 0.15) is 99.6 Å². The maximum Gasteiger partial charge on any atom is 0.255 e. The number of aliphatic hydroxyl groups excluding tert-OH is 1. The summed E-state index contributed by atoms with van der Waals surface area (Å²) in [7, 11) is 1.87. The van der Waals surface area contributed by atoms with Crippen LogP contribution in [0.25, 0.3) is 32.4 Å². The molecule has 2 saturated heterocycles. The number of aliphatic hydroxyl groups is 1. The number of H-pyrrole nitrogens is 1. The fraction of sp³-hybridized carbons (Fsp3) is 0.462. The van der Waals surface area contributed by atoms with Gasteiger partial charge in [-0.25, -0.2) is 9.97 Å². The highest BCUT2D eigenvalue weighted by atomic mass is 32.1. The predicted octanol–water partition coefficient (Wildman–Crippen LogP) is 6.22. The van der Waals surface area contributed by atoms with E-state index in [2.05, 4.69) is 41.2 Å². The average Bonchev–Trinajstić information content (AvgIpc) is 4.19. The Morgan fingerprint density at radius 1 is 0.943 bits per heavy atom. The molecule has 6 aromatic rings. The van der Waals surface area contributed by atoms with E-state index in [1.807, 2.05) is 94.9 Å². The summed E-state index contributed by atoms with van der Waals surface area (Å²) in [5, 5.41) is 27.7. The molecule has 6 N–H and O–H groups in total. The van der Waals surface area contributed by atoms with Crippen molar-refractivity contribution in [1.29, 1.82) is 0 Å². The summed E-state index contributed by atoms with van der Waals surface area (Å²) < 4.78 is 1.77. The standard InChI is InChI=1S/C52H65N11O6S/c1-32-47(70-31-55-32)35-13-11-33(12-14-35)26-54-50(68)43-25-39(64)29-63(43)51(69)48(52(2,3)4)60-45(65)10-8-6-7-9-20-53-46(66)22-34-19-21-62(28-34)30-44-58-40-17-16-38(24-41(40)59-44)57-49(67)36-15-18-42-37(23-36)27-56-61(42)5/h11-18,23-24,27,31,34,39,43,48,64H,6-10,19-22,25-26,28-30H2,1-5H3,(H,53,66)(H,54,68)(H,57,67)(H,58,59)(H,60,65)/t34?,39-,43+,48-/m1/s1. The summed E-state index contributed by atoms with van der Waals surface area (Å²) in [4.78, 5) is 83.9. The van der Waals surface area contributed by atoms with Crippen molar-refractivity contribution in [1.82, 2.24) is 50.5 Å². The number of aromatic nitrogens is 5. The molecular weight excluding hydrogens is 907 g/mol. The van der Waals surface area contributed by atoms with Crippen molar-refractivity contribution in [3.8, 4) is 10.4 Å². The number of amides is 5. The fourth-order valence-corrected chi connectivity index (χ4v) is 10.3. The number of carbonyl (C=O) groups excluding carboxylic acids is 5. The molecule has 4 atom stereocenters. The van der Waals surface area contributed by atoms with Crippen molar-refractivity contribution < 1.29 is 29.1 Å². The zero-order chi connectivity index (χ0) is 49.5. The number of carbonyl (C=O) groups is 5. The number of benzene rings is 3. The van der Waals surface area contributed by atoms with Crippen molar-refractivity contribution in [2.75, 3.05) is 31.5 Å². The Morgan fingerprint density at radius 2 is 1.74 bits per heavy atom. The Labute approximate surface area is 412 Å². The second-order valence-corrected chi connectivity index (χ2v) is 20.8. The van der Waals surface area contributed by atoms with Crippen LogP contribution in [-0.2, 0) is 39.3 Å². The van der Waals surface area contributed by atoms with E-state index in [1.54, 1.807) is 28.3 Å². The molecule has 2 fully saturated rings. The normalized spacial score (nSPS) is 17.8. The number of unbranched alkanes of at least 4 members (excludes halogenated alkanes) is 3. The zero-order valence-corrected chi connectivity index (χ0v) is 41.5. The van der Waals surface area contributed by atoms with Gasteiger partial charge in [0.2, 0.25) is 23.6 Å². The molecule has 5 heterocycles. The van der Waals surface area contributed by atoms with Gasteiger partial charge in [-0.2, -0.15) is 5.10 Å². The summed E-state index contributed by atoms with van der Waals surface area (Å²) >= 11 is 1.58. The second kappa shape index (κ2) is 22.1. The highest BCUT2D eigenvalue weighted by Gasteiger charge is 2.44. The van der Waals surface area contributed by atoms with Gasteiger partial charge in [-0.05, 0) is 91.6 Å². The highest BCUT2D eigenvalue weighted by molar-refractivity contribution is 7.13. The van der Waals surface area contributed by atoms with Crippen molar-refractivity contribution in [2.45, 2.75) is 110 Å². The Bertz CT molecular complexity index is 2830. The van der Waals surface area contributed by atoms with E-state index in [1.165, 1.54) is 4.90 Å². The third kappa shape index (κ3) is 12.4. The van der Waals surface area contributed by atoms with E-state index < -0.39 is 23.6 Å². The van der Waals surface area contributed by atoms with E-state index in [-0.39, 0.29) is 61.4 Å². The lowest BCUT2D eigenvalue weighted by atomic mass is 9.85. The molecule has 1 unspecified atom stereocenters. The third-order valence-electron chi connectivity index (χ3n) is 13.4. The van der Waals surface area contributed by atoms with Crippen LogP contribution in [0.4, 0.5) is 5.69 Å². The first-order valence-corrected chi connectivity index (χ1v) is 25.2. The number of hydrogen-bond acceptors (Lipinski definition) is 11. The maximum atomic E-state index is 14.0. The van der Waals surface area contributed by atoms with Crippen molar-refractivity contribution in [2.24, 2.45) is 18.4 Å². The third-order valence-corrected chi connectivity index (χ3v) is 14.4. The quantitative estimate of drug-likeness (QED) is 0.0504. The van der Waals surface area contributed by atoms with Crippen LogP contribution in [0, 0.1) is 18.3 Å². The summed E-state index contributed by atoms with van der Waals surface area (Å²) in [6.07, 6.45) is 5.73. The van der Waals surface area contributed by atoms with Crippen LogP contribution in [0.5, 0.6) is 0 Å². The number of nitrogens with zero attached hydrogens (tertiary/aromatic N) is 6. The molecule has 2 aliphatic rings. The molecular formula is C52H65N11O6S.